The SMILES string of the molecule is N=NC=NN.O=C(O)c1ccccc1. The van der Waals surface area contributed by atoms with E-state index in [1.807, 2.05) is 0 Å². The van der Waals surface area contributed by atoms with Gasteiger partial charge >= 0.3 is 5.97 Å². The molecule has 1 aromatic rings. The van der Waals surface area contributed by atoms with Gasteiger partial charge in [-0.3, -0.25) is 0 Å². The Morgan fingerprint density at radius 3 is 2.21 bits per heavy atom. The first-order valence-electron chi connectivity index (χ1n) is 3.59. The zero-order valence-electron chi connectivity index (χ0n) is 7.29. The van der Waals surface area contributed by atoms with Crippen LogP contribution in [0.4, 0.5) is 0 Å². The highest BCUT2D eigenvalue weighted by Gasteiger charge is 1.96. The summed E-state index contributed by atoms with van der Waals surface area (Å²) < 4.78 is 0. The van der Waals surface area contributed by atoms with Crippen LogP contribution in [-0.2, 0) is 0 Å². The van der Waals surface area contributed by atoms with Crippen LogP contribution in [-0.4, -0.2) is 17.4 Å². The molecule has 0 heterocycles. The molecule has 4 N–H and O–H groups in total. The number of nitrogens with one attached hydrogen (secondary N) is 1. The van der Waals surface area contributed by atoms with Crippen molar-refractivity contribution >= 4 is 12.3 Å². The van der Waals surface area contributed by atoms with Crippen LogP contribution < -0.4 is 5.84 Å². The van der Waals surface area contributed by atoms with Gasteiger partial charge < -0.3 is 10.9 Å². The summed E-state index contributed by atoms with van der Waals surface area (Å²) in [5, 5.41) is 13.9. The summed E-state index contributed by atoms with van der Waals surface area (Å²) in [6.45, 7) is 0. The Kier molecular flexibility index (Phi) is 6.23. The maximum atomic E-state index is 10.2. The van der Waals surface area contributed by atoms with Crippen LogP contribution in [0, 0.1) is 5.53 Å². The van der Waals surface area contributed by atoms with E-state index in [0.29, 0.717) is 5.56 Å². The minimum atomic E-state index is -0.879. The molecule has 6 heteroatoms. The van der Waals surface area contributed by atoms with Crippen LogP contribution in [0.2, 0.25) is 0 Å². The van der Waals surface area contributed by atoms with E-state index in [1.54, 1.807) is 30.3 Å². The van der Waals surface area contributed by atoms with E-state index < -0.39 is 5.97 Å². The summed E-state index contributed by atoms with van der Waals surface area (Å²) in [5.41, 5.74) is 6.33. The van der Waals surface area contributed by atoms with Gasteiger partial charge in [-0.2, -0.15) is 5.10 Å². The van der Waals surface area contributed by atoms with Crippen LogP contribution in [0.15, 0.2) is 40.5 Å². The summed E-state index contributed by atoms with van der Waals surface area (Å²) in [6.07, 6.45) is 0.944. The molecule has 74 valence electrons. The maximum absolute atomic E-state index is 10.2. The number of nitrogens with two attached hydrogens (primary N) is 1. The monoisotopic (exact) mass is 194 g/mol. The highest BCUT2D eigenvalue weighted by molar-refractivity contribution is 5.87. The Hall–Kier alpha value is -2.24. The zero-order chi connectivity index (χ0) is 10.8. The summed E-state index contributed by atoms with van der Waals surface area (Å²) in [7, 11) is 0. The molecule has 0 aliphatic heterocycles. The lowest BCUT2D eigenvalue weighted by Crippen LogP contribution is -1.93. The number of carboxylic acid groups (broad SMARTS) is 1. The number of hydrogen-bond acceptors (Lipinski definition) is 4. The van der Waals surface area contributed by atoms with Gasteiger partial charge in [-0.05, 0) is 12.1 Å². The Balaban J connectivity index is 0.000000292. The highest BCUT2D eigenvalue weighted by atomic mass is 16.4. The first-order chi connectivity index (χ1) is 6.72. The predicted molar refractivity (Wildman–Crippen MR) is 51.2 cm³/mol. The summed E-state index contributed by atoms with van der Waals surface area (Å²) >= 11 is 0. The maximum Gasteiger partial charge on any atom is 0.335 e. The van der Waals surface area contributed by atoms with E-state index in [4.69, 9.17) is 10.6 Å². The fourth-order valence-electron chi connectivity index (χ4n) is 0.614. The van der Waals surface area contributed by atoms with E-state index in [1.165, 1.54) is 0 Å². The standard InChI is InChI=1S/C7H6O2.CH4N4/c8-7(9)6-4-2-1-3-5-6;2-4-1-5-3/h1-5H,(H,8,9);1-2H,3H2. The largest absolute Gasteiger partial charge is 0.478 e. The topological polar surface area (TPSA) is 112 Å². The van der Waals surface area contributed by atoms with E-state index >= 15 is 0 Å². The smallest absolute Gasteiger partial charge is 0.335 e. The third kappa shape index (κ3) is 5.42. The van der Waals surface area contributed by atoms with Crippen LogP contribution in [0.1, 0.15) is 10.4 Å². The van der Waals surface area contributed by atoms with Crippen LogP contribution in [0.5, 0.6) is 0 Å². The van der Waals surface area contributed by atoms with Gasteiger partial charge in [0, 0.05) is 0 Å². The lowest BCUT2D eigenvalue weighted by atomic mass is 10.2. The minimum absolute atomic E-state index is 0.331. The second-order valence-electron chi connectivity index (χ2n) is 2.06. The van der Waals surface area contributed by atoms with E-state index in [9.17, 15) is 4.79 Å². The molecular weight excluding hydrogens is 184 g/mol. The molecule has 0 atom stereocenters. The molecule has 0 saturated heterocycles. The molecule has 14 heavy (non-hydrogen) atoms. The summed E-state index contributed by atoms with van der Waals surface area (Å²) in [6, 6.07) is 8.30. The number of carbonyl (C=O) groups is 1. The fourth-order valence-corrected chi connectivity index (χ4v) is 0.614. The van der Waals surface area contributed by atoms with E-state index in [0.717, 1.165) is 6.34 Å². The van der Waals surface area contributed by atoms with Gasteiger partial charge in [0.2, 0.25) is 0 Å². The quantitative estimate of drug-likeness (QED) is 0.217. The van der Waals surface area contributed by atoms with Crippen LogP contribution in [0.25, 0.3) is 0 Å². The highest BCUT2D eigenvalue weighted by Crippen LogP contribution is 1.96. The average molecular weight is 194 g/mol. The van der Waals surface area contributed by atoms with Crippen molar-refractivity contribution < 1.29 is 9.90 Å². The minimum Gasteiger partial charge on any atom is -0.478 e. The van der Waals surface area contributed by atoms with Crippen molar-refractivity contribution in [3.8, 4) is 0 Å². The molecular formula is C8H10N4O2. The molecule has 0 aromatic heterocycles. The van der Waals surface area contributed by atoms with E-state index in [2.05, 4.69) is 16.1 Å². The molecule has 0 amide bonds. The van der Waals surface area contributed by atoms with Crippen molar-refractivity contribution in [3.05, 3.63) is 35.9 Å². The van der Waals surface area contributed by atoms with Crippen molar-refractivity contribution in [2.45, 2.75) is 0 Å². The molecule has 0 aliphatic carbocycles. The van der Waals surface area contributed by atoms with Crippen LogP contribution >= 0.6 is 0 Å². The van der Waals surface area contributed by atoms with Gasteiger partial charge in [-0.25, -0.2) is 10.3 Å². The van der Waals surface area contributed by atoms with Crippen molar-refractivity contribution in [3.63, 3.8) is 0 Å². The Bertz CT molecular complexity index is 310. The number of rotatable bonds is 2. The fraction of sp³-hybridized carbons (Fsp3) is 0. The van der Waals surface area contributed by atoms with Gasteiger partial charge in [0.15, 0.2) is 6.34 Å². The molecule has 1 aromatic carbocycles. The molecule has 0 unspecified atom stereocenters. The van der Waals surface area contributed by atoms with Crippen molar-refractivity contribution in [1.82, 2.24) is 0 Å². The second kappa shape index (κ2) is 7.41. The van der Waals surface area contributed by atoms with Gasteiger partial charge in [0.25, 0.3) is 0 Å². The molecule has 0 radical (unpaired) electrons. The first-order valence-corrected chi connectivity index (χ1v) is 3.59. The van der Waals surface area contributed by atoms with Gasteiger partial charge in [-0.15, -0.1) is 5.11 Å². The van der Waals surface area contributed by atoms with Crippen molar-refractivity contribution in [1.29, 1.82) is 5.53 Å². The Morgan fingerprint density at radius 2 is 2.00 bits per heavy atom. The number of nitrogens with zero attached hydrogens (tertiary/aromatic N) is 2. The molecule has 0 saturated carbocycles. The third-order valence-corrected chi connectivity index (χ3v) is 1.15. The normalized spacial score (nSPS) is 8.86. The van der Waals surface area contributed by atoms with Gasteiger partial charge in [0.05, 0.1) is 5.56 Å². The average Bonchev–Trinajstić information content (AvgIpc) is 2.21. The second-order valence-corrected chi connectivity index (χ2v) is 2.06. The number of aromatic carboxylic acids is 1. The Morgan fingerprint density at radius 1 is 1.43 bits per heavy atom. The number of carboxylic acids is 1. The molecule has 0 spiro atoms. The summed E-state index contributed by atoms with van der Waals surface area (Å²) in [4.78, 5) is 10.2. The number of hydrazone groups is 1. The van der Waals surface area contributed by atoms with Crippen molar-refractivity contribution in [2.24, 2.45) is 16.1 Å². The molecule has 0 bridgehead atoms. The number of hydrogen-bond donors (Lipinski definition) is 3. The third-order valence-electron chi connectivity index (χ3n) is 1.15. The summed E-state index contributed by atoms with van der Waals surface area (Å²) in [5.74, 6) is 3.62. The van der Waals surface area contributed by atoms with Crippen LogP contribution in [0.3, 0.4) is 0 Å². The molecule has 0 aliphatic rings. The number of benzene rings is 1. The molecule has 6 nitrogen and oxygen atoms in total. The zero-order valence-corrected chi connectivity index (χ0v) is 7.29. The Labute approximate surface area is 80.6 Å². The van der Waals surface area contributed by atoms with E-state index in [-0.39, 0.29) is 0 Å². The molecule has 1 rings (SSSR count). The van der Waals surface area contributed by atoms with Crippen molar-refractivity contribution in [2.75, 3.05) is 0 Å². The lowest BCUT2D eigenvalue weighted by molar-refractivity contribution is 0.0697. The molecule has 0 fully saturated rings. The first kappa shape index (κ1) is 11.8. The van der Waals surface area contributed by atoms with Gasteiger partial charge in [0.1, 0.15) is 0 Å². The predicted octanol–water partition coefficient (Wildman–Crippen LogP) is 1.30. The van der Waals surface area contributed by atoms with Gasteiger partial charge in [-0.1, -0.05) is 18.2 Å². The lowest BCUT2D eigenvalue weighted by Gasteiger charge is -1.88.